The highest BCUT2D eigenvalue weighted by atomic mass is 14.9. The van der Waals surface area contributed by atoms with E-state index < -0.39 is 0 Å². The normalized spacial score (nSPS) is 21.5. The molecule has 0 spiro atoms. The van der Waals surface area contributed by atoms with Crippen molar-refractivity contribution in [3.05, 3.63) is 35.4 Å². The molecular formula is C20H33N. The minimum absolute atomic E-state index is 0.382. The van der Waals surface area contributed by atoms with Gasteiger partial charge in [0.1, 0.15) is 0 Å². The van der Waals surface area contributed by atoms with Crippen LogP contribution in [0.2, 0.25) is 0 Å². The molecule has 1 aromatic carbocycles. The first-order valence-corrected chi connectivity index (χ1v) is 9.00. The molecule has 0 radical (unpaired) electrons. The van der Waals surface area contributed by atoms with E-state index in [2.05, 4.69) is 50.4 Å². The maximum absolute atomic E-state index is 3.74. The number of unbranched alkanes of at least 4 members (excludes halogenated alkanes) is 3. The van der Waals surface area contributed by atoms with Crippen molar-refractivity contribution in [3.63, 3.8) is 0 Å². The van der Waals surface area contributed by atoms with E-state index in [1.165, 1.54) is 51.4 Å². The van der Waals surface area contributed by atoms with Crippen molar-refractivity contribution in [2.24, 2.45) is 0 Å². The summed E-state index contributed by atoms with van der Waals surface area (Å²) in [5, 5.41) is 3.74. The molecule has 0 heterocycles. The zero-order valence-corrected chi connectivity index (χ0v) is 14.3. The summed E-state index contributed by atoms with van der Waals surface area (Å²) < 4.78 is 0. The van der Waals surface area contributed by atoms with Crippen LogP contribution in [0.3, 0.4) is 0 Å². The van der Waals surface area contributed by atoms with Crippen molar-refractivity contribution in [1.82, 2.24) is 5.32 Å². The molecule has 1 atom stereocenters. The Morgan fingerprint density at radius 3 is 2.71 bits per heavy atom. The Morgan fingerprint density at radius 2 is 1.95 bits per heavy atom. The maximum Gasteiger partial charge on any atom is 0.00807 e. The van der Waals surface area contributed by atoms with Gasteiger partial charge in [0.2, 0.25) is 0 Å². The van der Waals surface area contributed by atoms with Crippen LogP contribution in [0.15, 0.2) is 24.3 Å². The van der Waals surface area contributed by atoms with Crippen molar-refractivity contribution in [2.45, 2.75) is 83.6 Å². The minimum atomic E-state index is 0.382. The molecular weight excluding hydrogens is 254 g/mol. The van der Waals surface area contributed by atoms with E-state index in [0.717, 1.165) is 6.54 Å². The van der Waals surface area contributed by atoms with E-state index in [4.69, 9.17) is 0 Å². The third-order valence-corrected chi connectivity index (χ3v) is 5.05. The topological polar surface area (TPSA) is 12.0 Å². The van der Waals surface area contributed by atoms with Gasteiger partial charge in [-0.1, -0.05) is 70.7 Å². The number of rotatable bonds is 8. The fourth-order valence-electron chi connectivity index (χ4n) is 3.83. The first-order chi connectivity index (χ1) is 10.2. The summed E-state index contributed by atoms with van der Waals surface area (Å²) in [4.78, 5) is 0. The fourth-order valence-corrected chi connectivity index (χ4v) is 3.83. The van der Waals surface area contributed by atoms with Gasteiger partial charge >= 0.3 is 0 Å². The number of hydrogen-bond acceptors (Lipinski definition) is 1. The summed E-state index contributed by atoms with van der Waals surface area (Å²) in [5.74, 6) is 0. The highest BCUT2D eigenvalue weighted by Gasteiger charge is 2.35. The van der Waals surface area contributed by atoms with E-state index in [-0.39, 0.29) is 0 Å². The number of hydrogen-bond donors (Lipinski definition) is 1. The molecule has 0 aromatic heterocycles. The van der Waals surface area contributed by atoms with Crippen molar-refractivity contribution in [1.29, 1.82) is 0 Å². The summed E-state index contributed by atoms with van der Waals surface area (Å²) >= 11 is 0. The van der Waals surface area contributed by atoms with E-state index in [1.54, 1.807) is 11.1 Å². The van der Waals surface area contributed by atoms with Crippen LogP contribution in [0.25, 0.3) is 0 Å². The summed E-state index contributed by atoms with van der Waals surface area (Å²) in [6.45, 7) is 7.97. The standard InChI is InChI=1S/C20H33N/c1-4-5-6-9-14-20(16-21-17(2)3)15-10-12-18-11-7-8-13-19(18)20/h7-8,11,13,17,21H,4-6,9-10,12,14-16H2,1-3H3. The molecule has 1 aliphatic carbocycles. The van der Waals surface area contributed by atoms with Gasteiger partial charge in [-0.25, -0.2) is 0 Å². The Bertz CT molecular complexity index is 424. The summed E-state index contributed by atoms with van der Waals surface area (Å²) in [6, 6.07) is 9.77. The first kappa shape index (κ1) is 16.5. The number of aryl methyl sites for hydroxylation is 1. The van der Waals surface area contributed by atoms with Crippen molar-refractivity contribution in [3.8, 4) is 0 Å². The third kappa shape index (κ3) is 4.32. The molecule has 0 saturated carbocycles. The van der Waals surface area contributed by atoms with Gasteiger partial charge in [0.15, 0.2) is 0 Å². The van der Waals surface area contributed by atoms with Crippen LogP contribution in [0.4, 0.5) is 0 Å². The second-order valence-corrected chi connectivity index (χ2v) is 7.14. The van der Waals surface area contributed by atoms with Crippen LogP contribution >= 0.6 is 0 Å². The fraction of sp³-hybridized carbons (Fsp3) is 0.700. The van der Waals surface area contributed by atoms with Crippen molar-refractivity contribution >= 4 is 0 Å². The molecule has 1 aliphatic rings. The lowest BCUT2D eigenvalue weighted by molar-refractivity contribution is 0.297. The Balaban J connectivity index is 2.15. The molecule has 2 rings (SSSR count). The Labute approximate surface area is 131 Å². The number of fused-ring (bicyclic) bond motifs is 1. The van der Waals surface area contributed by atoms with Crippen LogP contribution < -0.4 is 5.32 Å². The quantitative estimate of drug-likeness (QED) is 0.646. The average Bonchev–Trinajstić information content (AvgIpc) is 2.50. The van der Waals surface area contributed by atoms with Gasteiger partial charge in [-0.15, -0.1) is 0 Å². The molecule has 1 aromatic rings. The maximum atomic E-state index is 3.74. The highest BCUT2D eigenvalue weighted by Crippen LogP contribution is 2.41. The zero-order valence-electron chi connectivity index (χ0n) is 14.3. The second kappa shape index (κ2) is 7.98. The van der Waals surface area contributed by atoms with Crippen LogP contribution in [0.1, 0.15) is 76.8 Å². The summed E-state index contributed by atoms with van der Waals surface area (Å²) in [5.41, 5.74) is 3.62. The van der Waals surface area contributed by atoms with Crippen LogP contribution in [0.5, 0.6) is 0 Å². The summed E-state index contributed by atoms with van der Waals surface area (Å²) in [7, 11) is 0. The predicted molar refractivity (Wildman–Crippen MR) is 93.0 cm³/mol. The van der Waals surface area contributed by atoms with Crippen molar-refractivity contribution < 1.29 is 0 Å². The number of nitrogens with one attached hydrogen (secondary N) is 1. The molecule has 0 fully saturated rings. The lowest BCUT2D eigenvalue weighted by Crippen LogP contribution is -2.43. The van der Waals surface area contributed by atoms with Crippen LogP contribution in [-0.4, -0.2) is 12.6 Å². The molecule has 0 bridgehead atoms. The molecule has 118 valence electrons. The average molecular weight is 287 g/mol. The monoisotopic (exact) mass is 287 g/mol. The first-order valence-electron chi connectivity index (χ1n) is 9.00. The molecule has 1 unspecified atom stereocenters. The van der Waals surface area contributed by atoms with Gasteiger partial charge in [0.25, 0.3) is 0 Å². The Kier molecular flexibility index (Phi) is 6.29. The Morgan fingerprint density at radius 1 is 1.14 bits per heavy atom. The molecule has 0 saturated heterocycles. The van der Waals surface area contributed by atoms with Gasteiger partial charge < -0.3 is 5.32 Å². The largest absolute Gasteiger partial charge is 0.314 e. The van der Waals surface area contributed by atoms with Gasteiger partial charge in [0, 0.05) is 18.0 Å². The van der Waals surface area contributed by atoms with E-state index in [0.29, 0.717) is 11.5 Å². The SMILES string of the molecule is CCCCCCC1(CNC(C)C)CCCc2ccccc21. The molecule has 1 heteroatoms. The van der Waals surface area contributed by atoms with E-state index in [1.807, 2.05) is 0 Å². The smallest absolute Gasteiger partial charge is 0.00807 e. The van der Waals surface area contributed by atoms with E-state index >= 15 is 0 Å². The van der Waals surface area contributed by atoms with Gasteiger partial charge in [0.05, 0.1) is 0 Å². The second-order valence-electron chi connectivity index (χ2n) is 7.14. The summed E-state index contributed by atoms with van der Waals surface area (Å²) in [6.07, 6.45) is 10.8. The van der Waals surface area contributed by atoms with Crippen LogP contribution in [-0.2, 0) is 11.8 Å². The van der Waals surface area contributed by atoms with Crippen LogP contribution in [0, 0.1) is 0 Å². The number of benzene rings is 1. The highest BCUT2D eigenvalue weighted by molar-refractivity contribution is 5.37. The van der Waals surface area contributed by atoms with E-state index in [9.17, 15) is 0 Å². The van der Waals surface area contributed by atoms with Crippen molar-refractivity contribution in [2.75, 3.05) is 6.54 Å². The zero-order chi connectivity index (χ0) is 15.1. The molecule has 0 amide bonds. The molecule has 1 N–H and O–H groups in total. The van der Waals surface area contributed by atoms with Gasteiger partial charge in [-0.2, -0.15) is 0 Å². The molecule has 21 heavy (non-hydrogen) atoms. The predicted octanol–water partition coefficient (Wildman–Crippen LogP) is 5.23. The third-order valence-electron chi connectivity index (χ3n) is 5.05. The minimum Gasteiger partial charge on any atom is -0.314 e. The Hall–Kier alpha value is -0.820. The van der Waals surface area contributed by atoms with Gasteiger partial charge in [-0.05, 0) is 36.8 Å². The van der Waals surface area contributed by atoms with Gasteiger partial charge in [-0.3, -0.25) is 0 Å². The molecule has 0 aliphatic heterocycles. The lowest BCUT2D eigenvalue weighted by atomic mass is 9.67. The lowest BCUT2D eigenvalue weighted by Gasteiger charge is -2.40. The molecule has 1 nitrogen and oxygen atoms in total.